The molecule has 0 aromatic heterocycles. The zero-order chi connectivity index (χ0) is 21.0. The third-order valence-electron chi connectivity index (χ3n) is 4.90. The fourth-order valence-corrected chi connectivity index (χ4v) is 4.68. The first-order valence-corrected chi connectivity index (χ1v) is 11.0. The molecule has 2 unspecified atom stereocenters. The van der Waals surface area contributed by atoms with Crippen molar-refractivity contribution in [2.24, 2.45) is 0 Å². The van der Waals surface area contributed by atoms with E-state index in [0.717, 1.165) is 24.8 Å². The molecule has 0 saturated heterocycles. The Bertz CT molecular complexity index is 1000. The number of anilines is 1. The molecule has 3 rings (SSSR count). The maximum Gasteiger partial charge on any atom is 0.241 e. The van der Waals surface area contributed by atoms with E-state index >= 15 is 0 Å². The minimum Gasteiger partial charge on any atom is -0.348 e. The standard InChI is InChI=1S/C21H25N3O4S/c1-14(21(26)23-20-9-5-7-16-6-3-4-8-19(16)20)24-29(27,28)18-12-10-17(11-13-18)22-15(2)25/h3-4,6,8,10-14,20,24H,5,7,9H2,1-2H3,(H,22,25)(H,23,26). The van der Waals surface area contributed by atoms with E-state index in [9.17, 15) is 18.0 Å². The van der Waals surface area contributed by atoms with Gasteiger partial charge >= 0.3 is 0 Å². The van der Waals surface area contributed by atoms with Crippen LogP contribution in [0.3, 0.4) is 0 Å². The van der Waals surface area contributed by atoms with Gasteiger partial charge in [-0.15, -0.1) is 0 Å². The second-order valence-corrected chi connectivity index (χ2v) is 8.91. The Morgan fingerprint density at radius 3 is 2.45 bits per heavy atom. The van der Waals surface area contributed by atoms with Gasteiger partial charge in [-0.2, -0.15) is 4.72 Å². The van der Waals surface area contributed by atoms with Gasteiger partial charge in [-0.25, -0.2) is 8.42 Å². The molecule has 2 atom stereocenters. The van der Waals surface area contributed by atoms with Gasteiger partial charge in [0.05, 0.1) is 17.0 Å². The molecule has 0 spiro atoms. The molecule has 29 heavy (non-hydrogen) atoms. The summed E-state index contributed by atoms with van der Waals surface area (Å²) < 4.78 is 27.6. The molecule has 0 bridgehead atoms. The molecule has 2 aromatic rings. The van der Waals surface area contributed by atoms with Crippen LogP contribution < -0.4 is 15.4 Å². The number of nitrogens with one attached hydrogen (secondary N) is 3. The third-order valence-corrected chi connectivity index (χ3v) is 6.45. The fraction of sp³-hybridized carbons (Fsp3) is 0.333. The molecule has 7 nitrogen and oxygen atoms in total. The summed E-state index contributed by atoms with van der Waals surface area (Å²) in [5.41, 5.74) is 2.81. The summed E-state index contributed by atoms with van der Waals surface area (Å²) in [5.74, 6) is -0.613. The largest absolute Gasteiger partial charge is 0.348 e. The number of aryl methyl sites for hydroxylation is 1. The van der Waals surface area contributed by atoms with Crippen LogP contribution in [-0.2, 0) is 26.0 Å². The topological polar surface area (TPSA) is 104 Å². The normalized spacial score (nSPS) is 17.1. The van der Waals surface area contributed by atoms with Crippen molar-refractivity contribution in [3.63, 3.8) is 0 Å². The Balaban J connectivity index is 1.65. The average molecular weight is 416 g/mol. The van der Waals surface area contributed by atoms with Gasteiger partial charge in [0.1, 0.15) is 0 Å². The molecule has 3 N–H and O–H groups in total. The van der Waals surface area contributed by atoms with Crippen molar-refractivity contribution in [1.82, 2.24) is 10.0 Å². The molecule has 0 saturated carbocycles. The van der Waals surface area contributed by atoms with E-state index in [4.69, 9.17) is 0 Å². The predicted octanol–water partition coefficient (Wildman–Crippen LogP) is 2.51. The lowest BCUT2D eigenvalue weighted by Gasteiger charge is -2.27. The summed E-state index contributed by atoms with van der Waals surface area (Å²) in [5, 5.41) is 5.54. The molecular formula is C21H25N3O4S. The lowest BCUT2D eigenvalue weighted by Crippen LogP contribution is -2.46. The number of hydrogen-bond acceptors (Lipinski definition) is 4. The van der Waals surface area contributed by atoms with Crippen molar-refractivity contribution in [2.45, 2.75) is 50.1 Å². The molecule has 0 heterocycles. The zero-order valence-corrected chi connectivity index (χ0v) is 17.3. The lowest BCUT2D eigenvalue weighted by atomic mass is 9.87. The Morgan fingerprint density at radius 2 is 1.76 bits per heavy atom. The molecule has 1 aliphatic carbocycles. The molecule has 2 aromatic carbocycles. The quantitative estimate of drug-likeness (QED) is 0.674. The van der Waals surface area contributed by atoms with Crippen molar-refractivity contribution >= 4 is 27.5 Å². The number of carbonyl (C=O) groups excluding carboxylic acids is 2. The van der Waals surface area contributed by atoms with Crippen LogP contribution in [0.5, 0.6) is 0 Å². The highest BCUT2D eigenvalue weighted by molar-refractivity contribution is 7.89. The maximum absolute atomic E-state index is 12.6. The molecule has 0 fully saturated rings. The summed E-state index contributed by atoms with van der Waals surface area (Å²) in [7, 11) is -3.87. The summed E-state index contributed by atoms with van der Waals surface area (Å²) in [6.07, 6.45) is 2.79. The first-order chi connectivity index (χ1) is 13.8. The van der Waals surface area contributed by atoms with Gasteiger partial charge in [0.15, 0.2) is 0 Å². The van der Waals surface area contributed by atoms with Crippen molar-refractivity contribution in [2.75, 3.05) is 5.32 Å². The van der Waals surface area contributed by atoms with Gasteiger partial charge in [-0.1, -0.05) is 24.3 Å². The highest BCUT2D eigenvalue weighted by Gasteiger charge is 2.26. The first kappa shape index (κ1) is 21.0. The van der Waals surface area contributed by atoms with Gasteiger partial charge < -0.3 is 10.6 Å². The third kappa shape index (κ3) is 5.21. The lowest BCUT2D eigenvalue weighted by molar-refractivity contribution is -0.123. The summed E-state index contributed by atoms with van der Waals surface area (Å²) in [6, 6.07) is 12.7. The maximum atomic E-state index is 12.6. The van der Waals surface area contributed by atoms with Crippen LogP contribution in [-0.4, -0.2) is 26.3 Å². The number of rotatable bonds is 6. The molecule has 1 aliphatic rings. The van der Waals surface area contributed by atoms with E-state index < -0.39 is 16.1 Å². The SMILES string of the molecule is CC(=O)Nc1ccc(S(=O)(=O)NC(C)C(=O)NC2CCCc3ccccc32)cc1. The van der Waals surface area contributed by atoms with E-state index in [1.54, 1.807) is 0 Å². The second kappa shape index (κ2) is 8.75. The van der Waals surface area contributed by atoms with E-state index in [1.807, 2.05) is 18.2 Å². The van der Waals surface area contributed by atoms with Crippen LogP contribution in [0.4, 0.5) is 5.69 Å². The number of carbonyl (C=O) groups is 2. The molecule has 2 amide bonds. The molecule has 0 aliphatic heterocycles. The Labute approximate surface area is 171 Å². The monoisotopic (exact) mass is 415 g/mol. The fourth-order valence-electron chi connectivity index (χ4n) is 3.48. The summed E-state index contributed by atoms with van der Waals surface area (Å²) in [4.78, 5) is 23.7. The number of fused-ring (bicyclic) bond motifs is 1. The van der Waals surface area contributed by atoms with E-state index in [2.05, 4.69) is 21.4 Å². The first-order valence-electron chi connectivity index (χ1n) is 9.54. The highest BCUT2D eigenvalue weighted by atomic mass is 32.2. The van der Waals surface area contributed by atoms with Crippen molar-refractivity contribution in [3.8, 4) is 0 Å². The van der Waals surface area contributed by atoms with Crippen LogP contribution in [0, 0.1) is 0 Å². The number of amides is 2. The average Bonchev–Trinajstić information content (AvgIpc) is 2.68. The Hall–Kier alpha value is -2.71. The van der Waals surface area contributed by atoms with Crippen LogP contribution >= 0.6 is 0 Å². The Kier molecular flexibility index (Phi) is 6.34. The van der Waals surface area contributed by atoms with E-state index in [-0.39, 0.29) is 22.8 Å². The van der Waals surface area contributed by atoms with Crippen molar-refractivity contribution < 1.29 is 18.0 Å². The second-order valence-electron chi connectivity index (χ2n) is 7.20. The van der Waals surface area contributed by atoms with Crippen LogP contribution in [0.2, 0.25) is 0 Å². The van der Waals surface area contributed by atoms with E-state index in [1.165, 1.54) is 43.7 Å². The molecule has 8 heteroatoms. The van der Waals surface area contributed by atoms with Gasteiger partial charge in [-0.05, 0) is 61.6 Å². The zero-order valence-electron chi connectivity index (χ0n) is 16.4. The van der Waals surface area contributed by atoms with Crippen LogP contribution in [0.15, 0.2) is 53.4 Å². The molecule has 154 valence electrons. The number of sulfonamides is 1. The number of hydrogen-bond donors (Lipinski definition) is 3. The number of benzene rings is 2. The minimum atomic E-state index is -3.87. The molecule has 0 radical (unpaired) electrons. The van der Waals surface area contributed by atoms with Crippen LogP contribution in [0.1, 0.15) is 43.9 Å². The minimum absolute atomic E-state index is 0.0225. The Morgan fingerprint density at radius 1 is 1.07 bits per heavy atom. The van der Waals surface area contributed by atoms with Gasteiger partial charge in [0, 0.05) is 12.6 Å². The van der Waals surface area contributed by atoms with E-state index in [0.29, 0.717) is 5.69 Å². The van der Waals surface area contributed by atoms with Gasteiger partial charge in [0.25, 0.3) is 0 Å². The van der Waals surface area contributed by atoms with Crippen molar-refractivity contribution in [3.05, 3.63) is 59.7 Å². The summed E-state index contributed by atoms with van der Waals surface area (Å²) >= 11 is 0. The van der Waals surface area contributed by atoms with Crippen molar-refractivity contribution in [1.29, 1.82) is 0 Å². The van der Waals surface area contributed by atoms with Gasteiger partial charge in [0.2, 0.25) is 21.8 Å². The summed E-state index contributed by atoms with van der Waals surface area (Å²) in [6.45, 7) is 2.89. The predicted molar refractivity (Wildman–Crippen MR) is 111 cm³/mol. The molecular weight excluding hydrogens is 390 g/mol. The van der Waals surface area contributed by atoms with Gasteiger partial charge in [-0.3, -0.25) is 9.59 Å². The van der Waals surface area contributed by atoms with Crippen LogP contribution in [0.25, 0.3) is 0 Å². The smallest absolute Gasteiger partial charge is 0.241 e. The highest BCUT2D eigenvalue weighted by Crippen LogP contribution is 2.29.